The van der Waals surface area contributed by atoms with E-state index in [9.17, 15) is 0 Å². The minimum atomic E-state index is 0.358. The second-order valence-corrected chi connectivity index (χ2v) is 3.40. The van der Waals surface area contributed by atoms with Crippen LogP contribution >= 0.6 is 11.8 Å². The molecule has 0 atom stereocenters. The summed E-state index contributed by atoms with van der Waals surface area (Å²) < 4.78 is 0. The van der Waals surface area contributed by atoms with Gasteiger partial charge in [-0.25, -0.2) is 0 Å². The van der Waals surface area contributed by atoms with Crippen molar-refractivity contribution in [1.82, 2.24) is 0 Å². The summed E-state index contributed by atoms with van der Waals surface area (Å²) in [6.07, 6.45) is 0. The number of hydrogen-bond donors (Lipinski definition) is 2. The monoisotopic (exact) mass is 207 g/mol. The highest BCUT2D eigenvalue weighted by Crippen LogP contribution is 2.15. The first-order valence-corrected chi connectivity index (χ1v) is 4.77. The standard InChI is InChI=1S/C9H10N4S/c1-2-14-9(11)13-12-8-5-3-7(10)4-6-8/h2-6,11H,1,10H2/p+1. The molecule has 14 heavy (non-hydrogen) atoms. The van der Waals surface area contributed by atoms with Crippen molar-refractivity contribution < 1.29 is 5.41 Å². The molecular formula is C9H11N4S+. The van der Waals surface area contributed by atoms with Crippen molar-refractivity contribution in [2.45, 2.75) is 0 Å². The van der Waals surface area contributed by atoms with Crippen LogP contribution in [0.1, 0.15) is 0 Å². The van der Waals surface area contributed by atoms with Gasteiger partial charge in [0.15, 0.2) is 0 Å². The topological polar surface area (TPSA) is 76.3 Å². The van der Waals surface area contributed by atoms with E-state index in [-0.39, 0.29) is 0 Å². The SMILES string of the molecule is C=CSC(=[NH2+])N=Nc1ccc(N)cc1. The van der Waals surface area contributed by atoms with Gasteiger partial charge in [0, 0.05) is 5.69 Å². The number of azo groups is 1. The van der Waals surface area contributed by atoms with Crippen molar-refractivity contribution in [2.75, 3.05) is 5.73 Å². The minimum absolute atomic E-state index is 0.358. The van der Waals surface area contributed by atoms with E-state index in [1.807, 2.05) is 0 Å². The van der Waals surface area contributed by atoms with E-state index in [0.717, 1.165) is 0 Å². The molecule has 0 spiro atoms. The Labute approximate surface area is 86.4 Å². The summed E-state index contributed by atoms with van der Waals surface area (Å²) in [5.74, 6) is 0. The van der Waals surface area contributed by atoms with E-state index in [4.69, 9.17) is 11.1 Å². The molecule has 0 radical (unpaired) electrons. The van der Waals surface area contributed by atoms with E-state index in [0.29, 0.717) is 16.5 Å². The van der Waals surface area contributed by atoms with Crippen LogP contribution in [0.4, 0.5) is 11.4 Å². The summed E-state index contributed by atoms with van der Waals surface area (Å²) in [6, 6.07) is 7.05. The summed E-state index contributed by atoms with van der Waals surface area (Å²) in [7, 11) is 0. The Bertz CT molecular complexity index is 356. The highest BCUT2D eigenvalue weighted by molar-refractivity contribution is 8.16. The van der Waals surface area contributed by atoms with Crippen LogP contribution in [0.5, 0.6) is 0 Å². The fourth-order valence-corrected chi connectivity index (χ4v) is 1.02. The van der Waals surface area contributed by atoms with Crippen LogP contribution in [-0.4, -0.2) is 5.17 Å². The third-order valence-corrected chi connectivity index (χ3v) is 1.85. The molecule has 0 bridgehead atoms. The zero-order chi connectivity index (χ0) is 10.4. The molecule has 0 fully saturated rings. The van der Waals surface area contributed by atoms with Crippen LogP contribution in [0.3, 0.4) is 0 Å². The number of hydrogen-bond acceptors (Lipinski definition) is 3. The maximum atomic E-state index is 5.51. The van der Waals surface area contributed by atoms with Crippen molar-refractivity contribution in [1.29, 1.82) is 0 Å². The van der Waals surface area contributed by atoms with Crippen molar-refractivity contribution >= 4 is 28.3 Å². The average Bonchev–Trinajstić information content (AvgIpc) is 2.17. The maximum Gasteiger partial charge on any atom is 0.381 e. The van der Waals surface area contributed by atoms with Gasteiger partial charge in [-0.3, -0.25) is 5.41 Å². The van der Waals surface area contributed by atoms with Gasteiger partial charge in [0.05, 0.1) is 5.11 Å². The van der Waals surface area contributed by atoms with E-state index >= 15 is 0 Å². The number of nitrogens with two attached hydrogens (primary N) is 2. The van der Waals surface area contributed by atoms with E-state index < -0.39 is 0 Å². The summed E-state index contributed by atoms with van der Waals surface area (Å²) >= 11 is 1.23. The van der Waals surface area contributed by atoms with Gasteiger partial charge in [0.1, 0.15) is 5.69 Å². The molecule has 0 aromatic heterocycles. The number of thioether (sulfide) groups is 1. The molecule has 0 aliphatic carbocycles. The normalized spacial score (nSPS) is 10.3. The molecule has 5 heteroatoms. The van der Waals surface area contributed by atoms with Crippen molar-refractivity contribution in [2.24, 2.45) is 10.2 Å². The quantitative estimate of drug-likeness (QED) is 0.332. The van der Waals surface area contributed by atoms with Crippen LogP contribution < -0.4 is 11.1 Å². The molecule has 4 N–H and O–H groups in total. The predicted octanol–water partition coefficient (Wildman–Crippen LogP) is 1.34. The highest BCUT2D eigenvalue weighted by Gasteiger charge is 2.01. The van der Waals surface area contributed by atoms with Crippen LogP contribution in [0.25, 0.3) is 0 Å². The van der Waals surface area contributed by atoms with E-state index in [1.165, 1.54) is 11.8 Å². The highest BCUT2D eigenvalue weighted by atomic mass is 32.2. The van der Waals surface area contributed by atoms with Crippen LogP contribution in [0.15, 0.2) is 46.5 Å². The zero-order valence-electron chi connectivity index (χ0n) is 7.55. The van der Waals surface area contributed by atoms with Gasteiger partial charge >= 0.3 is 5.17 Å². The number of anilines is 1. The Morgan fingerprint density at radius 2 is 2.07 bits per heavy atom. The number of benzene rings is 1. The van der Waals surface area contributed by atoms with Crippen LogP contribution in [-0.2, 0) is 0 Å². The molecule has 4 nitrogen and oxygen atoms in total. The Kier molecular flexibility index (Phi) is 3.87. The van der Waals surface area contributed by atoms with Gasteiger partial charge in [0.2, 0.25) is 0 Å². The molecule has 1 aromatic rings. The lowest BCUT2D eigenvalue weighted by Crippen LogP contribution is -2.35. The van der Waals surface area contributed by atoms with Crippen LogP contribution in [0, 0.1) is 0 Å². The summed E-state index contributed by atoms with van der Waals surface area (Å²) in [5, 5.41) is 15.1. The third-order valence-electron chi connectivity index (χ3n) is 1.36. The first kappa shape index (κ1) is 10.5. The van der Waals surface area contributed by atoms with Gasteiger partial charge < -0.3 is 5.73 Å². The van der Waals surface area contributed by atoms with E-state index in [1.54, 1.807) is 29.7 Å². The largest absolute Gasteiger partial charge is 0.399 e. The third kappa shape index (κ3) is 3.40. The minimum Gasteiger partial charge on any atom is -0.399 e. The molecule has 0 aliphatic rings. The summed E-state index contributed by atoms with van der Waals surface area (Å²) in [4.78, 5) is 0. The molecule has 72 valence electrons. The first-order valence-electron chi connectivity index (χ1n) is 3.89. The maximum absolute atomic E-state index is 5.51. The van der Waals surface area contributed by atoms with Gasteiger partial charge in [0.25, 0.3) is 0 Å². The Morgan fingerprint density at radius 3 is 2.64 bits per heavy atom. The molecule has 1 rings (SSSR count). The van der Waals surface area contributed by atoms with Gasteiger partial charge in [-0.2, -0.15) is 0 Å². The van der Waals surface area contributed by atoms with Crippen molar-refractivity contribution in [3.63, 3.8) is 0 Å². The number of amidine groups is 1. The Balaban J connectivity index is 2.64. The van der Waals surface area contributed by atoms with Gasteiger partial charge in [-0.05, 0) is 46.5 Å². The van der Waals surface area contributed by atoms with Crippen molar-refractivity contribution in [3.8, 4) is 0 Å². The lowest BCUT2D eigenvalue weighted by atomic mass is 10.3. The molecule has 0 aliphatic heterocycles. The van der Waals surface area contributed by atoms with Crippen LogP contribution in [0.2, 0.25) is 0 Å². The lowest BCUT2D eigenvalue weighted by molar-refractivity contribution is -0.110. The van der Waals surface area contributed by atoms with Gasteiger partial charge in [-0.1, -0.05) is 6.58 Å². The van der Waals surface area contributed by atoms with E-state index in [2.05, 4.69) is 16.8 Å². The average molecular weight is 207 g/mol. The number of nitrogens with zero attached hydrogens (tertiary/aromatic N) is 2. The Hall–Kier alpha value is -1.62. The molecule has 0 heterocycles. The lowest BCUT2D eigenvalue weighted by Gasteiger charge is -1.89. The second kappa shape index (κ2) is 5.18. The molecule has 0 amide bonds. The number of nitrogen functional groups attached to an aromatic ring is 1. The molecular weight excluding hydrogens is 196 g/mol. The fourth-order valence-electron chi connectivity index (χ4n) is 0.757. The molecule has 0 saturated carbocycles. The summed E-state index contributed by atoms with van der Waals surface area (Å²) in [5.41, 5.74) is 6.92. The summed E-state index contributed by atoms with van der Waals surface area (Å²) in [6.45, 7) is 3.51. The number of rotatable bonds is 2. The van der Waals surface area contributed by atoms with Gasteiger partial charge in [-0.15, -0.1) is 0 Å². The first-order chi connectivity index (χ1) is 6.72. The Morgan fingerprint density at radius 1 is 1.43 bits per heavy atom. The predicted molar refractivity (Wildman–Crippen MR) is 60.1 cm³/mol. The second-order valence-electron chi connectivity index (χ2n) is 2.41. The zero-order valence-corrected chi connectivity index (χ0v) is 8.37. The smallest absolute Gasteiger partial charge is 0.381 e. The molecule has 0 unspecified atom stereocenters. The molecule has 1 aromatic carbocycles. The van der Waals surface area contributed by atoms with Crippen molar-refractivity contribution in [3.05, 3.63) is 36.3 Å². The molecule has 0 saturated heterocycles. The fraction of sp³-hybridized carbons (Fsp3) is 0.